The van der Waals surface area contributed by atoms with Crippen LogP contribution in [0.2, 0.25) is 5.02 Å². The van der Waals surface area contributed by atoms with Gasteiger partial charge in [-0.3, -0.25) is 0 Å². The molecule has 1 atom stereocenters. The zero-order valence-corrected chi connectivity index (χ0v) is 10.1. The lowest BCUT2D eigenvalue weighted by molar-refractivity contribution is 0.691. The van der Waals surface area contributed by atoms with E-state index >= 15 is 0 Å². The van der Waals surface area contributed by atoms with Crippen LogP contribution in [0.25, 0.3) is 0 Å². The Morgan fingerprint density at radius 2 is 2.47 bits per heavy atom. The lowest BCUT2D eigenvalue weighted by atomic mass is 10.2. The number of hydrogen-bond donors (Lipinski definition) is 1. The van der Waals surface area contributed by atoms with E-state index in [-0.39, 0.29) is 5.95 Å². The number of nitrogens with two attached hydrogens (primary N) is 1. The quantitative estimate of drug-likeness (QED) is 0.858. The fourth-order valence-corrected chi connectivity index (χ4v) is 3.11. The molecule has 0 radical (unpaired) electrons. The molecule has 1 aliphatic heterocycles. The first-order chi connectivity index (χ1) is 7.18. The predicted molar refractivity (Wildman–Crippen MR) is 65.6 cm³/mol. The summed E-state index contributed by atoms with van der Waals surface area (Å²) in [6.45, 7) is 0. The van der Waals surface area contributed by atoms with E-state index < -0.39 is 0 Å². The summed E-state index contributed by atoms with van der Waals surface area (Å²) < 4.78 is 0. The molecule has 0 aliphatic carbocycles. The van der Waals surface area contributed by atoms with Crippen molar-refractivity contribution in [1.29, 1.82) is 0 Å². The van der Waals surface area contributed by atoms with Crippen molar-refractivity contribution in [3.8, 4) is 0 Å². The molecule has 2 rings (SSSR count). The van der Waals surface area contributed by atoms with Gasteiger partial charge in [0.1, 0.15) is 5.02 Å². The van der Waals surface area contributed by atoms with Gasteiger partial charge in [-0.2, -0.15) is 16.7 Å². The Bertz CT molecular complexity index is 354. The van der Waals surface area contributed by atoms with Crippen molar-refractivity contribution in [2.75, 3.05) is 29.2 Å². The summed E-state index contributed by atoms with van der Waals surface area (Å²) in [5.74, 6) is 3.33. The highest BCUT2D eigenvalue weighted by Crippen LogP contribution is 2.29. The highest BCUT2D eigenvalue weighted by Gasteiger charge is 2.22. The largest absolute Gasteiger partial charge is 0.368 e. The van der Waals surface area contributed by atoms with E-state index in [1.54, 1.807) is 6.20 Å². The zero-order chi connectivity index (χ0) is 10.8. The molecule has 0 saturated carbocycles. The van der Waals surface area contributed by atoms with E-state index in [9.17, 15) is 0 Å². The van der Waals surface area contributed by atoms with E-state index in [2.05, 4.69) is 14.9 Å². The van der Waals surface area contributed by atoms with E-state index in [1.165, 1.54) is 12.2 Å². The Morgan fingerprint density at radius 3 is 3.13 bits per heavy atom. The fraction of sp³-hybridized carbons (Fsp3) is 0.556. The molecule has 6 heteroatoms. The predicted octanol–water partition coefficient (Wildman–Crippen LogP) is 1.65. The molecule has 0 bridgehead atoms. The second kappa shape index (κ2) is 4.45. The van der Waals surface area contributed by atoms with Crippen molar-refractivity contribution in [2.24, 2.45) is 0 Å². The Balaban J connectivity index is 2.23. The van der Waals surface area contributed by atoms with Crippen molar-refractivity contribution in [3.05, 3.63) is 11.2 Å². The van der Waals surface area contributed by atoms with E-state index in [1.807, 2.05) is 18.8 Å². The smallest absolute Gasteiger partial charge is 0.222 e. The summed E-state index contributed by atoms with van der Waals surface area (Å²) in [5.41, 5.74) is 5.55. The summed E-state index contributed by atoms with van der Waals surface area (Å²) >= 11 is 8.00. The molecule has 1 aromatic heterocycles. The Hall–Kier alpha value is -0.680. The summed E-state index contributed by atoms with van der Waals surface area (Å²) in [6.07, 6.45) is 2.72. The summed E-state index contributed by atoms with van der Waals surface area (Å²) in [5, 5.41) is 0.559. The number of aromatic nitrogens is 2. The minimum absolute atomic E-state index is 0.270. The molecule has 15 heavy (non-hydrogen) atoms. The van der Waals surface area contributed by atoms with Crippen LogP contribution in [-0.4, -0.2) is 34.6 Å². The molecule has 2 N–H and O–H groups in total. The molecule has 0 aromatic carbocycles. The number of halogens is 1. The number of rotatable bonds is 2. The third kappa shape index (κ3) is 2.29. The minimum atomic E-state index is 0.270. The molecule has 1 fully saturated rings. The second-order valence-electron chi connectivity index (χ2n) is 3.53. The van der Waals surface area contributed by atoms with Gasteiger partial charge in [0.05, 0.1) is 6.20 Å². The maximum Gasteiger partial charge on any atom is 0.222 e. The van der Waals surface area contributed by atoms with Crippen molar-refractivity contribution in [2.45, 2.75) is 12.5 Å². The van der Waals surface area contributed by atoms with Crippen molar-refractivity contribution >= 4 is 35.1 Å². The van der Waals surface area contributed by atoms with Crippen LogP contribution < -0.4 is 10.6 Å². The highest BCUT2D eigenvalue weighted by molar-refractivity contribution is 7.99. The monoisotopic (exact) mass is 244 g/mol. The zero-order valence-electron chi connectivity index (χ0n) is 8.48. The maximum absolute atomic E-state index is 6.04. The summed E-state index contributed by atoms with van der Waals surface area (Å²) in [6, 6.07) is 0.502. The Kier molecular flexibility index (Phi) is 3.21. The number of anilines is 2. The third-order valence-electron chi connectivity index (χ3n) is 2.53. The van der Waals surface area contributed by atoms with Crippen molar-refractivity contribution in [3.63, 3.8) is 0 Å². The van der Waals surface area contributed by atoms with E-state index in [0.717, 1.165) is 11.6 Å². The van der Waals surface area contributed by atoms with Gasteiger partial charge in [-0.1, -0.05) is 11.6 Å². The first-order valence-corrected chi connectivity index (χ1v) is 6.30. The number of nitrogens with zero attached hydrogens (tertiary/aromatic N) is 3. The van der Waals surface area contributed by atoms with Gasteiger partial charge < -0.3 is 10.6 Å². The lowest BCUT2D eigenvalue weighted by Gasteiger charge is -2.25. The first kappa shape index (κ1) is 10.8. The molecule has 1 unspecified atom stereocenters. The minimum Gasteiger partial charge on any atom is -0.368 e. The van der Waals surface area contributed by atoms with Gasteiger partial charge in [0.15, 0.2) is 5.82 Å². The van der Waals surface area contributed by atoms with Crippen LogP contribution in [0.5, 0.6) is 0 Å². The average molecular weight is 245 g/mol. The van der Waals surface area contributed by atoms with Crippen LogP contribution >= 0.6 is 23.4 Å². The molecule has 1 aromatic rings. The van der Waals surface area contributed by atoms with Crippen LogP contribution in [0.4, 0.5) is 11.8 Å². The Morgan fingerprint density at radius 1 is 1.67 bits per heavy atom. The lowest BCUT2D eigenvalue weighted by Crippen LogP contribution is -2.32. The number of thioether (sulfide) groups is 1. The number of hydrogen-bond acceptors (Lipinski definition) is 5. The normalized spacial score (nSPS) is 20.5. The topological polar surface area (TPSA) is 55.0 Å². The molecule has 1 aliphatic rings. The second-order valence-corrected chi connectivity index (χ2v) is 5.09. The van der Waals surface area contributed by atoms with Gasteiger partial charge >= 0.3 is 0 Å². The van der Waals surface area contributed by atoms with Crippen LogP contribution in [0, 0.1) is 0 Å². The van der Waals surface area contributed by atoms with Crippen LogP contribution in [0.3, 0.4) is 0 Å². The standard InChI is InChI=1S/C9H13ClN4S/c1-14(6-2-3-15-5-6)8-7(10)4-12-9(11)13-8/h4,6H,2-3,5H2,1H3,(H2,11,12,13). The Labute approximate surface area is 98.2 Å². The molecule has 2 heterocycles. The van der Waals surface area contributed by atoms with Gasteiger partial charge in [-0.15, -0.1) is 0 Å². The molecule has 4 nitrogen and oxygen atoms in total. The van der Waals surface area contributed by atoms with Crippen LogP contribution in [-0.2, 0) is 0 Å². The molecule has 0 spiro atoms. The summed E-state index contributed by atoms with van der Waals surface area (Å²) in [7, 11) is 2.00. The van der Waals surface area contributed by atoms with Crippen molar-refractivity contribution < 1.29 is 0 Å². The van der Waals surface area contributed by atoms with Crippen molar-refractivity contribution in [1.82, 2.24) is 9.97 Å². The molecular weight excluding hydrogens is 232 g/mol. The van der Waals surface area contributed by atoms with Gasteiger partial charge in [0.2, 0.25) is 5.95 Å². The molecular formula is C9H13ClN4S. The van der Waals surface area contributed by atoms with Gasteiger partial charge in [0, 0.05) is 18.8 Å². The third-order valence-corrected chi connectivity index (χ3v) is 3.94. The van der Waals surface area contributed by atoms with E-state index in [4.69, 9.17) is 17.3 Å². The highest BCUT2D eigenvalue weighted by atomic mass is 35.5. The van der Waals surface area contributed by atoms with Gasteiger partial charge in [0.25, 0.3) is 0 Å². The van der Waals surface area contributed by atoms with Crippen LogP contribution in [0.15, 0.2) is 6.20 Å². The SMILES string of the molecule is CN(c1nc(N)ncc1Cl)C1CCSC1. The molecule has 82 valence electrons. The number of nitrogen functional groups attached to an aromatic ring is 1. The summed E-state index contributed by atoms with van der Waals surface area (Å²) in [4.78, 5) is 10.1. The maximum atomic E-state index is 6.04. The average Bonchev–Trinajstić information content (AvgIpc) is 2.74. The molecule has 1 saturated heterocycles. The van der Waals surface area contributed by atoms with Crippen LogP contribution in [0.1, 0.15) is 6.42 Å². The first-order valence-electron chi connectivity index (χ1n) is 4.77. The fourth-order valence-electron chi connectivity index (χ4n) is 1.62. The van der Waals surface area contributed by atoms with Gasteiger partial charge in [-0.25, -0.2) is 4.98 Å². The van der Waals surface area contributed by atoms with Gasteiger partial charge in [-0.05, 0) is 12.2 Å². The molecule has 0 amide bonds. The van der Waals surface area contributed by atoms with E-state index in [0.29, 0.717) is 11.1 Å².